The van der Waals surface area contributed by atoms with Gasteiger partial charge in [0.2, 0.25) is 0 Å². The molecule has 0 bridgehead atoms. The molecule has 2 nitrogen and oxygen atoms in total. The molecule has 0 amide bonds. The van der Waals surface area contributed by atoms with Crippen molar-refractivity contribution >= 4 is 65.4 Å². The van der Waals surface area contributed by atoms with Crippen LogP contribution in [0.25, 0.3) is 98.8 Å². The van der Waals surface area contributed by atoms with Crippen molar-refractivity contribution in [3.05, 3.63) is 157 Å². The minimum absolute atomic E-state index is 0.203. The van der Waals surface area contributed by atoms with Crippen LogP contribution < -0.4 is 0 Å². The van der Waals surface area contributed by atoms with Crippen LogP contribution in [-0.2, 0) is 5.41 Å². The van der Waals surface area contributed by atoms with Gasteiger partial charge < -0.3 is 8.83 Å². The fraction of sp³-hybridized carbons (Fsp3) is 0.0638. The van der Waals surface area contributed by atoms with Crippen molar-refractivity contribution in [1.82, 2.24) is 0 Å². The van der Waals surface area contributed by atoms with Crippen LogP contribution >= 0.6 is 0 Å². The fourth-order valence-corrected chi connectivity index (χ4v) is 8.61. The SMILES string of the molecule is CC1(C)c2cc3ccccc3cc2-c2c(-c3ccc4c(c3)oc3ccccc34)cc(-c3cccc4oc5c6ccccc6ccc5c34)cc21. The smallest absolute Gasteiger partial charge is 0.143 e. The highest BCUT2D eigenvalue weighted by molar-refractivity contribution is 6.19. The quantitative estimate of drug-likeness (QED) is 0.191. The molecule has 1 aliphatic carbocycles. The third-order valence-corrected chi connectivity index (χ3v) is 11.0. The second-order valence-corrected chi connectivity index (χ2v) is 14.1. The molecule has 230 valence electrons. The van der Waals surface area contributed by atoms with Crippen molar-refractivity contribution < 1.29 is 8.83 Å². The Bertz CT molecular complexity index is 3020. The number of benzene rings is 8. The van der Waals surface area contributed by atoms with Crippen LogP contribution in [0.2, 0.25) is 0 Å². The van der Waals surface area contributed by atoms with Crippen LogP contribution in [0.15, 0.2) is 154 Å². The third kappa shape index (κ3) is 3.66. The molecule has 11 rings (SSSR count). The monoisotopic (exact) mass is 626 g/mol. The molecule has 8 aromatic carbocycles. The van der Waals surface area contributed by atoms with Crippen LogP contribution in [0.5, 0.6) is 0 Å². The Hall–Kier alpha value is -6.12. The Balaban J connectivity index is 1.23. The average molecular weight is 627 g/mol. The maximum atomic E-state index is 6.64. The van der Waals surface area contributed by atoms with Crippen LogP contribution in [0.3, 0.4) is 0 Å². The number of para-hydroxylation sites is 1. The average Bonchev–Trinajstić information content (AvgIpc) is 3.78. The van der Waals surface area contributed by atoms with E-state index in [9.17, 15) is 0 Å². The minimum atomic E-state index is -0.203. The summed E-state index contributed by atoms with van der Waals surface area (Å²) in [4.78, 5) is 0. The molecule has 2 aromatic heterocycles. The minimum Gasteiger partial charge on any atom is -0.456 e. The zero-order chi connectivity index (χ0) is 32.4. The molecule has 0 saturated heterocycles. The van der Waals surface area contributed by atoms with E-state index < -0.39 is 0 Å². The van der Waals surface area contributed by atoms with Crippen molar-refractivity contribution in [2.24, 2.45) is 0 Å². The lowest BCUT2D eigenvalue weighted by Crippen LogP contribution is -2.15. The Morgan fingerprint density at radius 2 is 1.12 bits per heavy atom. The predicted octanol–water partition coefficient (Wildman–Crippen LogP) is 13.4. The molecule has 2 heteroatoms. The Morgan fingerprint density at radius 1 is 0.408 bits per heavy atom. The van der Waals surface area contributed by atoms with E-state index in [-0.39, 0.29) is 5.41 Å². The van der Waals surface area contributed by atoms with Crippen molar-refractivity contribution in [3.63, 3.8) is 0 Å². The zero-order valence-corrected chi connectivity index (χ0v) is 27.2. The molecule has 2 heterocycles. The summed E-state index contributed by atoms with van der Waals surface area (Å²) in [6, 6.07) is 52.8. The first-order chi connectivity index (χ1) is 24.0. The summed E-state index contributed by atoms with van der Waals surface area (Å²) in [7, 11) is 0. The molecule has 0 spiro atoms. The molecule has 0 radical (unpaired) electrons. The molecule has 0 fully saturated rings. The lowest BCUT2D eigenvalue weighted by atomic mass is 9.80. The van der Waals surface area contributed by atoms with E-state index in [2.05, 4.69) is 153 Å². The second kappa shape index (κ2) is 9.49. The largest absolute Gasteiger partial charge is 0.456 e. The van der Waals surface area contributed by atoms with Gasteiger partial charge in [-0.25, -0.2) is 0 Å². The maximum Gasteiger partial charge on any atom is 0.143 e. The van der Waals surface area contributed by atoms with Crippen LogP contribution in [-0.4, -0.2) is 0 Å². The van der Waals surface area contributed by atoms with Gasteiger partial charge in [0.25, 0.3) is 0 Å². The second-order valence-electron chi connectivity index (χ2n) is 14.1. The van der Waals surface area contributed by atoms with E-state index in [1.165, 1.54) is 55.1 Å². The molecule has 1 aliphatic rings. The fourth-order valence-electron chi connectivity index (χ4n) is 8.61. The van der Waals surface area contributed by atoms with E-state index in [1.54, 1.807) is 0 Å². The first-order valence-electron chi connectivity index (χ1n) is 17.0. The number of rotatable bonds is 2. The highest BCUT2D eigenvalue weighted by atomic mass is 16.3. The zero-order valence-electron chi connectivity index (χ0n) is 27.2. The third-order valence-electron chi connectivity index (χ3n) is 11.0. The van der Waals surface area contributed by atoms with Crippen molar-refractivity contribution in [2.75, 3.05) is 0 Å². The Morgan fingerprint density at radius 3 is 2.00 bits per heavy atom. The summed E-state index contributed by atoms with van der Waals surface area (Å²) in [5, 5.41) is 9.43. The van der Waals surface area contributed by atoms with Gasteiger partial charge in [0.1, 0.15) is 22.3 Å². The summed E-state index contributed by atoms with van der Waals surface area (Å²) < 4.78 is 13.1. The molecule has 0 atom stereocenters. The first-order valence-corrected chi connectivity index (χ1v) is 17.0. The van der Waals surface area contributed by atoms with Gasteiger partial charge in [-0.3, -0.25) is 0 Å². The predicted molar refractivity (Wildman–Crippen MR) is 204 cm³/mol. The van der Waals surface area contributed by atoms with E-state index >= 15 is 0 Å². The van der Waals surface area contributed by atoms with Gasteiger partial charge >= 0.3 is 0 Å². The van der Waals surface area contributed by atoms with Crippen LogP contribution in [0.4, 0.5) is 0 Å². The van der Waals surface area contributed by atoms with Crippen molar-refractivity contribution in [1.29, 1.82) is 0 Å². The summed E-state index contributed by atoms with van der Waals surface area (Å²) in [6.07, 6.45) is 0. The maximum absolute atomic E-state index is 6.64. The highest BCUT2D eigenvalue weighted by Crippen LogP contribution is 2.55. The molecular formula is C47H30O2. The molecule has 49 heavy (non-hydrogen) atoms. The Kier molecular flexibility index (Phi) is 5.21. The van der Waals surface area contributed by atoms with E-state index in [0.29, 0.717) is 0 Å². The molecule has 0 saturated carbocycles. The van der Waals surface area contributed by atoms with E-state index in [4.69, 9.17) is 8.83 Å². The molecular weight excluding hydrogens is 597 g/mol. The van der Waals surface area contributed by atoms with Crippen LogP contribution in [0.1, 0.15) is 25.0 Å². The number of fused-ring (bicyclic) bond motifs is 12. The lowest BCUT2D eigenvalue weighted by molar-refractivity contribution is 0.661. The molecule has 10 aromatic rings. The first kappa shape index (κ1) is 26.9. The summed E-state index contributed by atoms with van der Waals surface area (Å²) in [6.45, 7) is 4.75. The van der Waals surface area contributed by atoms with Crippen molar-refractivity contribution in [3.8, 4) is 33.4 Å². The summed E-state index contributed by atoms with van der Waals surface area (Å²) in [5.74, 6) is 0. The normalized spacial score (nSPS) is 13.7. The molecule has 0 unspecified atom stereocenters. The van der Waals surface area contributed by atoms with Gasteiger partial charge in [-0.05, 0) is 115 Å². The van der Waals surface area contributed by atoms with Gasteiger partial charge in [0.05, 0.1) is 0 Å². The highest BCUT2D eigenvalue weighted by Gasteiger charge is 2.38. The van der Waals surface area contributed by atoms with Gasteiger partial charge in [0, 0.05) is 32.3 Å². The number of hydrogen-bond donors (Lipinski definition) is 0. The molecule has 0 aliphatic heterocycles. The topological polar surface area (TPSA) is 26.3 Å². The van der Waals surface area contributed by atoms with Gasteiger partial charge in [0.15, 0.2) is 0 Å². The van der Waals surface area contributed by atoms with Gasteiger partial charge in [-0.1, -0.05) is 105 Å². The standard InChI is InChI=1S/C47H30O2/c1-47(2)39-24-29-12-4-3-11-28(29)22-38(39)44-37(30-19-20-35-34-14-7-8-16-41(34)48-43(35)26-30)23-31(25-40(44)47)32-15-9-17-42-45(32)36-21-18-27-10-5-6-13-33(27)46(36)49-42/h3-26H,1-2H3. The number of hydrogen-bond acceptors (Lipinski definition) is 2. The summed E-state index contributed by atoms with van der Waals surface area (Å²) in [5.41, 5.74) is 13.5. The van der Waals surface area contributed by atoms with E-state index in [1.807, 2.05) is 6.07 Å². The van der Waals surface area contributed by atoms with Gasteiger partial charge in [-0.2, -0.15) is 0 Å². The number of furan rings is 2. The lowest BCUT2D eigenvalue weighted by Gasteiger charge is -2.23. The van der Waals surface area contributed by atoms with Crippen molar-refractivity contribution in [2.45, 2.75) is 19.3 Å². The molecule has 0 N–H and O–H groups in total. The van der Waals surface area contributed by atoms with Gasteiger partial charge in [-0.15, -0.1) is 0 Å². The Labute approximate surface area is 282 Å². The van der Waals surface area contributed by atoms with E-state index in [0.717, 1.165) is 54.8 Å². The van der Waals surface area contributed by atoms with Crippen LogP contribution in [0, 0.1) is 0 Å². The summed E-state index contributed by atoms with van der Waals surface area (Å²) >= 11 is 0.